The molecule has 4 rings (SSSR count). The van der Waals surface area contributed by atoms with E-state index in [0.29, 0.717) is 43.5 Å². The van der Waals surface area contributed by atoms with Crippen LogP contribution in [0.25, 0.3) is 0 Å². The van der Waals surface area contributed by atoms with Gasteiger partial charge in [-0.2, -0.15) is 0 Å². The molecular formula is C18H24N2O5. The lowest BCUT2D eigenvalue weighted by Gasteiger charge is -2.34. The highest BCUT2D eigenvalue weighted by Crippen LogP contribution is 2.33. The highest BCUT2D eigenvalue weighted by Gasteiger charge is 2.35. The molecule has 0 saturated carbocycles. The maximum atomic E-state index is 12.8. The summed E-state index contributed by atoms with van der Waals surface area (Å²) in [6.07, 6.45) is 0. The minimum atomic E-state index is -0.0942. The summed E-state index contributed by atoms with van der Waals surface area (Å²) in [5.41, 5.74) is 1.50. The monoisotopic (exact) mass is 348 g/mol. The van der Waals surface area contributed by atoms with Gasteiger partial charge in [-0.25, -0.2) is 0 Å². The summed E-state index contributed by atoms with van der Waals surface area (Å²) in [6, 6.07) is 3.83. The molecule has 1 aromatic rings. The van der Waals surface area contributed by atoms with E-state index < -0.39 is 0 Å². The lowest BCUT2D eigenvalue weighted by atomic mass is 10.0. The van der Waals surface area contributed by atoms with Gasteiger partial charge in [-0.05, 0) is 24.6 Å². The van der Waals surface area contributed by atoms with Gasteiger partial charge in [-0.3, -0.25) is 9.69 Å². The van der Waals surface area contributed by atoms with Crippen LogP contribution in [0.1, 0.15) is 15.9 Å². The summed E-state index contributed by atoms with van der Waals surface area (Å²) in [5.74, 6) is 1.24. The predicted molar refractivity (Wildman–Crippen MR) is 90.4 cm³/mol. The van der Waals surface area contributed by atoms with Gasteiger partial charge in [-0.15, -0.1) is 0 Å². The van der Waals surface area contributed by atoms with E-state index in [1.807, 2.05) is 13.0 Å². The summed E-state index contributed by atoms with van der Waals surface area (Å²) < 4.78 is 22.2. The van der Waals surface area contributed by atoms with Crippen LogP contribution in [0.4, 0.5) is 0 Å². The number of hydrogen-bond acceptors (Lipinski definition) is 6. The molecule has 0 spiro atoms. The summed E-state index contributed by atoms with van der Waals surface area (Å²) in [5, 5.41) is 3.15. The Labute approximate surface area is 147 Å². The molecule has 0 bridgehead atoms. The number of nitrogens with zero attached hydrogens (tertiary/aromatic N) is 1. The van der Waals surface area contributed by atoms with Crippen LogP contribution in [-0.4, -0.2) is 75.6 Å². The average Bonchev–Trinajstić information content (AvgIpc) is 3.10. The molecule has 3 heterocycles. The second kappa shape index (κ2) is 7.19. The van der Waals surface area contributed by atoms with Gasteiger partial charge in [-0.1, -0.05) is 0 Å². The Hall–Kier alpha value is -1.83. The third-order valence-corrected chi connectivity index (χ3v) is 5.02. The lowest BCUT2D eigenvalue weighted by Crippen LogP contribution is -2.54. The number of ether oxygens (including phenoxy) is 4. The van der Waals surface area contributed by atoms with Gasteiger partial charge in [0.25, 0.3) is 5.91 Å². The Morgan fingerprint density at radius 3 is 2.52 bits per heavy atom. The first kappa shape index (κ1) is 16.6. The molecule has 1 N–H and O–H groups in total. The fourth-order valence-electron chi connectivity index (χ4n) is 3.63. The van der Waals surface area contributed by atoms with E-state index in [-0.39, 0.29) is 18.0 Å². The SMILES string of the molecule is Cc1cc2c(cc1C(=O)N[C@@H]1COC[C@H]1N1CCOCC1)OCCO2. The topological polar surface area (TPSA) is 69.3 Å². The zero-order chi connectivity index (χ0) is 17.2. The first-order valence-electron chi connectivity index (χ1n) is 8.83. The van der Waals surface area contributed by atoms with Gasteiger partial charge < -0.3 is 24.3 Å². The van der Waals surface area contributed by atoms with E-state index >= 15 is 0 Å². The molecule has 0 aliphatic carbocycles. The molecule has 0 radical (unpaired) electrons. The molecule has 1 amide bonds. The molecule has 7 nitrogen and oxygen atoms in total. The minimum absolute atomic E-state index is 0.0156. The number of aryl methyl sites for hydroxylation is 1. The Balaban J connectivity index is 1.47. The molecule has 3 aliphatic rings. The number of carbonyl (C=O) groups is 1. The maximum absolute atomic E-state index is 12.8. The summed E-state index contributed by atoms with van der Waals surface area (Å²) in [4.78, 5) is 15.2. The number of rotatable bonds is 3. The summed E-state index contributed by atoms with van der Waals surface area (Å²) in [7, 11) is 0. The van der Waals surface area contributed by atoms with Crippen molar-refractivity contribution in [3.63, 3.8) is 0 Å². The highest BCUT2D eigenvalue weighted by molar-refractivity contribution is 5.96. The number of hydrogen-bond donors (Lipinski definition) is 1. The third-order valence-electron chi connectivity index (χ3n) is 5.02. The van der Waals surface area contributed by atoms with E-state index in [4.69, 9.17) is 18.9 Å². The van der Waals surface area contributed by atoms with Crippen molar-refractivity contribution in [2.24, 2.45) is 0 Å². The van der Waals surface area contributed by atoms with Crippen molar-refractivity contribution in [1.29, 1.82) is 0 Å². The van der Waals surface area contributed by atoms with Crippen LogP contribution in [0.2, 0.25) is 0 Å². The largest absolute Gasteiger partial charge is 0.486 e. The molecule has 2 fully saturated rings. The lowest BCUT2D eigenvalue weighted by molar-refractivity contribution is 0.0108. The number of nitrogens with one attached hydrogen (secondary N) is 1. The summed E-state index contributed by atoms with van der Waals surface area (Å²) in [6.45, 7) is 7.37. The number of benzene rings is 1. The van der Waals surface area contributed by atoms with Gasteiger partial charge >= 0.3 is 0 Å². The Morgan fingerprint density at radius 2 is 1.76 bits per heavy atom. The van der Waals surface area contributed by atoms with Crippen molar-refractivity contribution < 1.29 is 23.7 Å². The smallest absolute Gasteiger partial charge is 0.252 e. The fourth-order valence-corrected chi connectivity index (χ4v) is 3.63. The Kier molecular flexibility index (Phi) is 4.78. The summed E-state index contributed by atoms with van der Waals surface area (Å²) >= 11 is 0. The molecule has 136 valence electrons. The maximum Gasteiger partial charge on any atom is 0.252 e. The van der Waals surface area contributed by atoms with Crippen molar-refractivity contribution in [3.05, 3.63) is 23.3 Å². The van der Waals surface area contributed by atoms with Crippen molar-refractivity contribution >= 4 is 5.91 Å². The van der Waals surface area contributed by atoms with Crippen LogP contribution in [0, 0.1) is 6.92 Å². The second-order valence-electron chi connectivity index (χ2n) is 6.64. The Morgan fingerprint density at radius 1 is 1.04 bits per heavy atom. The van der Waals surface area contributed by atoms with Gasteiger partial charge in [0.05, 0.1) is 38.5 Å². The molecule has 1 aromatic carbocycles. The van der Waals surface area contributed by atoms with Crippen LogP contribution in [0.5, 0.6) is 11.5 Å². The third kappa shape index (κ3) is 3.44. The molecule has 2 saturated heterocycles. The molecule has 2 atom stereocenters. The molecule has 0 aromatic heterocycles. The molecule has 0 unspecified atom stereocenters. The normalized spacial score (nSPS) is 26.4. The van der Waals surface area contributed by atoms with E-state index in [0.717, 1.165) is 31.9 Å². The predicted octanol–water partition coefficient (Wildman–Crippen LogP) is 0.596. The van der Waals surface area contributed by atoms with Crippen LogP contribution >= 0.6 is 0 Å². The van der Waals surface area contributed by atoms with Crippen molar-refractivity contribution in [3.8, 4) is 11.5 Å². The fraction of sp³-hybridized carbons (Fsp3) is 0.611. The molecular weight excluding hydrogens is 324 g/mol. The molecule has 3 aliphatic heterocycles. The van der Waals surface area contributed by atoms with Gasteiger partial charge in [0.2, 0.25) is 0 Å². The van der Waals surface area contributed by atoms with E-state index in [2.05, 4.69) is 10.2 Å². The van der Waals surface area contributed by atoms with Crippen LogP contribution < -0.4 is 14.8 Å². The van der Waals surface area contributed by atoms with Crippen molar-refractivity contribution in [2.75, 3.05) is 52.7 Å². The van der Waals surface area contributed by atoms with Gasteiger partial charge in [0.15, 0.2) is 11.5 Å². The quantitative estimate of drug-likeness (QED) is 0.863. The standard InChI is InChI=1S/C18H24N2O5/c1-12-8-16-17(25-7-6-24-16)9-13(12)18(21)19-14-10-23-11-15(14)20-2-4-22-5-3-20/h8-9,14-15H,2-7,10-11H2,1H3,(H,19,21)/t14-,15-/m1/s1. The first-order valence-corrected chi connectivity index (χ1v) is 8.83. The molecule has 25 heavy (non-hydrogen) atoms. The zero-order valence-electron chi connectivity index (χ0n) is 14.5. The Bertz CT molecular complexity index is 645. The van der Waals surface area contributed by atoms with Crippen LogP contribution in [0.3, 0.4) is 0 Å². The average molecular weight is 348 g/mol. The van der Waals surface area contributed by atoms with E-state index in [1.54, 1.807) is 6.07 Å². The minimum Gasteiger partial charge on any atom is -0.486 e. The first-order chi connectivity index (χ1) is 12.2. The number of fused-ring (bicyclic) bond motifs is 1. The number of carbonyl (C=O) groups excluding carboxylic acids is 1. The van der Waals surface area contributed by atoms with Gasteiger partial charge in [0, 0.05) is 18.7 Å². The van der Waals surface area contributed by atoms with Crippen LogP contribution in [-0.2, 0) is 9.47 Å². The number of morpholine rings is 1. The van der Waals surface area contributed by atoms with E-state index in [1.165, 1.54) is 0 Å². The zero-order valence-corrected chi connectivity index (χ0v) is 14.5. The van der Waals surface area contributed by atoms with Crippen LogP contribution in [0.15, 0.2) is 12.1 Å². The van der Waals surface area contributed by atoms with Crippen molar-refractivity contribution in [1.82, 2.24) is 10.2 Å². The second-order valence-corrected chi connectivity index (χ2v) is 6.64. The molecule has 7 heteroatoms. The van der Waals surface area contributed by atoms with E-state index in [9.17, 15) is 4.79 Å². The van der Waals surface area contributed by atoms with Crippen molar-refractivity contribution in [2.45, 2.75) is 19.0 Å². The number of amides is 1. The highest BCUT2D eigenvalue weighted by atomic mass is 16.6. The van der Waals surface area contributed by atoms with Gasteiger partial charge in [0.1, 0.15) is 13.2 Å².